The smallest absolute Gasteiger partial charge is 0.284 e. The highest BCUT2D eigenvalue weighted by atomic mass is 79.9. The van der Waals surface area contributed by atoms with Gasteiger partial charge in [-0.15, -0.1) is 0 Å². The van der Waals surface area contributed by atoms with Crippen LogP contribution in [0.15, 0.2) is 41.1 Å². The van der Waals surface area contributed by atoms with E-state index in [9.17, 15) is 4.79 Å². The van der Waals surface area contributed by atoms with Crippen LogP contribution in [0.4, 0.5) is 5.69 Å². The molecule has 0 saturated carbocycles. The number of fused-ring (bicyclic) bond motifs is 2. The zero-order valence-corrected chi connectivity index (χ0v) is 15.1. The number of hydrogen-bond donors (Lipinski definition) is 0. The van der Waals surface area contributed by atoms with Crippen LogP contribution in [0.25, 0.3) is 5.65 Å². The molecule has 1 aliphatic rings. The summed E-state index contributed by atoms with van der Waals surface area (Å²) in [6.07, 6.45) is 4.20. The zero-order valence-electron chi connectivity index (χ0n) is 12.8. The Hall–Kier alpha value is -2.12. The van der Waals surface area contributed by atoms with Crippen molar-refractivity contribution in [3.63, 3.8) is 0 Å². The maximum atomic E-state index is 12.9. The van der Waals surface area contributed by atoms with E-state index in [2.05, 4.69) is 26.0 Å². The van der Waals surface area contributed by atoms with E-state index in [0.29, 0.717) is 22.9 Å². The molecule has 4 rings (SSSR count). The van der Waals surface area contributed by atoms with Crippen LogP contribution < -0.4 is 5.01 Å². The molecule has 122 valence electrons. The van der Waals surface area contributed by atoms with E-state index < -0.39 is 0 Å². The summed E-state index contributed by atoms with van der Waals surface area (Å²) in [5, 5.41) is 8.43. The lowest BCUT2D eigenvalue weighted by atomic mass is 10.1. The standard InChI is InChI=1S/C16H13BrClN5O/c1-21-15-10(3-2-4-12(15)18)5-6-23(21)16(24)13-7-14-19-8-11(17)9-22(14)20-13/h2-4,7-9H,5-6H2,1H3. The average Bonchev–Trinajstić information content (AvgIpc) is 2.97. The number of carbonyl (C=O) groups is 1. The van der Waals surface area contributed by atoms with E-state index in [1.54, 1.807) is 33.0 Å². The molecule has 0 aliphatic carbocycles. The Kier molecular flexibility index (Phi) is 3.69. The molecule has 0 atom stereocenters. The third-order valence-electron chi connectivity index (χ3n) is 4.08. The van der Waals surface area contributed by atoms with Crippen LogP contribution in [0.2, 0.25) is 5.02 Å². The van der Waals surface area contributed by atoms with Crippen molar-refractivity contribution in [2.24, 2.45) is 0 Å². The van der Waals surface area contributed by atoms with Gasteiger partial charge in [0.25, 0.3) is 5.91 Å². The summed E-state index contributed by atoms with van der Waals surface area (Å²) in [5.74, 6) is -0.176. The van der Waals surface area contributed by atoms with Gasteiger partial charge in [-0.3, -0.25) is 9.80 Å². The first-order valence-electron chi connectivity index (χ1n) is 7.38. The van der Waals surface area contributed by atoms with Gasteiger partial charge >= 0.3 is 0 Å². The molecule has 0 spiro atoms. The molecule has 0 bridgehead atoms. The highest BCUT2D eigenvalue weighted by Gasteiger charge is 2.29. The largest absolute Gasteiger partial charge is 0.292 e. The topological polar surface area (TPSA) is 53.7 Å². The van der Waals surface area contributed by atoms with E-state index in [4.69, 9.17) is 11.6 Å². The summed E-state index contributed by atoms with van der Waals surface area (Å²) in [5.41, 5.74) is 2.97. The van der Waals surface area contributed by atoms with Gasteiger partial charge in [0.05, 0.1) is 15.2 Å². The number of hydrogen-bond acceptors (Lipinski definition) is 4. The molecular formula is C16H13BrClN5O. The number of nitrogens with zero attached hydrogens (tertiary/aromatic N) is 5. The number of rotatable bonds is 1. The van der Waals surface area contributed by atoms with Crippen molar-refractivity contribution in [1.82, 2.24) is 19.6 Å². The molecule has 24 heavy (non-hydrogen) atoms. The zero-order chi connectivity index (χ0) is 16.8. The highest BCUT2D eigenvalue weighted by molar-refractivity contribution is 9.10. The lowest BCUT2D eigenvalue weighted by Crippen LogP contribution is -2.48. The second-order valence-electron chi connectivity index (χ2n) is 5.55. The number of benzene rings is 1. The molecule has 0 N–H and O–H groups in total. The maximum Gasteiger partial charge on any atom is 0.292 e. The van der Waals surface area contributed by atoms with E-state index in [1.807, 2.05) is 25.2 Å². The number of hydrazine groups is 1. The van der Waals surface area contributed by atoms with Crippen molar-refractivity contribution in [3.05, 3.63) is 57.4 Å². The average molecular weight is 407 g/mol. The second kappa shape index (κ2) is 5.75. The highest BCUT2D eigenvalue weighted by Crippen LogP contribution is 2.34. The summed E-state index contributed by atoms with van der Waals surface area (Å²) in [6, 6.07) is 7.48. The predicted octanol–water partition coefficient (Wildman–Crippen LogP) is 3.19. The molecule has 0 radical (unpaired) electrons. The fraction of sp³-hybridized carbons (Fsp3) is 0.188. The Morgan fingerprint density at radius 1 is 1.38 bits per heavy atom. The summed E-state index contributed by atoms with van der Waals surface area (Å²) in [7, 11) is 1.84. The van der Waals surface area contributed by atoms with Crippen LogP contribution in [0.1, 0.15) is 16.1 Å². The van der Waals surface area contributed by atoms with Crippen molar-refractivity contribution >= 4 is 44.8 Å². The van der Waals surface area contributed by atoms with Gasteiger partial charge in [0.2, 0.25) is 0 Å². The van der Waals surface area contributed by atoms with Crippen LogP contribution in [0, 0.1) is 0 Å². The number of anilines is 1. The first-order chi connectivity index (χ1) is 11.5. The van der Waals surface area contributed by atoms with Crippen LogP contribution >= 0.6 is 27.5 Å². The molecule has 0 saturated heterocycles. The van der Waals surface area contributed by atoms with E-state index in [1.165, 1.54) is 0 Å². The van der Waals surface area contributed by atoms with E-state index >= 15 is 0 Å². The summed E-state index contributed by atoms with van der Waals surface area (Å²) in [6.45, 7) is 0.577. The van der Waals surface area contributed by atoms with Gasteiger partial charge in [-0.05, 0) is 34.0 Å². The second-order valence-corrected chi connectivity index (χ2v) is 6.88. The molecule has 2 aromatic heterocycles. The Bertz CT molecular complexity index is 957. The SMILES string of the molecule is CN1c2c(Cl)cccc2CCN1C(=O)c1cc2ncc(Br)cn2n1. The first kappa shape index (κ1) is 15.4. The number of carbonyl (C=O) groups excluding carboxylic acids is 1. The Balaban J connectivity index is 1.70. The molecule has 1 amide bonds. The van der Waals surface area contributed by atoms with Crippen molar-refractivity contribution in [2.75, 3.05) is 18.6 Å². The van der Waals surface area contributed by atoms with Crippen molar-refractivity contribution in [1.29, 1.82) is 0 Å². The van der Waals surface area contributed by atoms with Crippen LogP contribution in [-0.4, -0.2) is 39.1 Å². The molecule has 3 heterocycles. The van der Waals surface area contributed by atoms with Crippen molar-refractivity contribution in [3.8, 4) is 0 Å². The molecule has 1 aliphatic heterocycles. The summed E-state index contributed by atoms with van der Waals surface area (Å²) >= 11 is 9.67. The van der Waals surface area contributed by atoms with Gasteiger partial charge in [-0.25, -0.2) is 14.5 Å². The first-order valence-corrected chi connectivity index (χ1v) is 8.55. The fourth-order valence-corrected chi connectivity index (χ4v) is 3.56. The van der Waals surface area contributed by atoms with Gasteiger partial charge in [0, 0.05) is 32.1 Å². The molecule has 1 aromatic carbocycles. The number of halogens is 2. The minimum absolute atomic E-state index is 0.176. The summed E-state index contributed by atoms with van der Waals surface area (Å²) < 4.78 is 2.38. The van der Waals surface area contributed by atoms with Crippen LogP contribution in [-0.2, 0) is 6.42 Å². The number of aromatic nitrogens is 3. The quantitative estimate of drug-likeness (QED) is 0.623. The molecule has 0 unspecified atom stereocenters. The normalized spacial score (nSPS) is 14.1. The lowest BCUT2D eigenvalue weighted by molar-refractivity contribution is 0.0732. The van der Waals surface area contributed by atoms with Crippen molar-refractivity contribution in [2.45, 2.75) is 6.42 Å². The monoisotopic (exact) mass is 405 g/mol. The summed E-state index contributed by atoms with van der Waals surface area (Å²) in [4.78, 5) is 17.2. The van der Waals surface area contributed by atoms with Gasteiger partial charge in [0.1, 0.15) is 0 Å². The lowest BCUT2D eigenvalue weighted by Gasteiger charge is -2.38. The molecule has 6 nitrogen and oxygen atoms in total. The molecule has 0 fully saturated rings. The predicted molar refractivity (Wildman–Crippen MR) is 95.3 cm³/mol. The Labute approximate surface area is 151 Å². The Morgan fingerprint density at radius 2 is 2.21 bits per heavy atom. The minimum atomic E-state index is -0.176. The molecule has 8 heteroatoms. The van der Waals surface area contributed by atoms with E-state index in [0.717, 1.165) is 22.1 Å². The van der Waals surface area contributed by atoms with Gasteiger partial charge in [-0.2, -0.15) is 5.10 Å². The fourth-order valence-electron chi connectivity index (χ4n) is 2.95. The number of amides is 1. The van der Waals surface area contributed by atoms with Crippen LogP contribution in [0.5, 0.6) is 0 Å². The molecule has 3 aromatic rings. The van der Waals surface area contributed by atoms with Gasteiger partial charge in [-0.1, -0.05) is 23.7 Å². The third-order valence-corrected chi connectivity index (χ3v) is 4.80. The minimum Gasteiger partial charge on any atom is -0.284 e. The Morgan fingerprint density at radius 3 is 3.04 bits per heavy atom. The van der Waals surface area contributed by atoms with Gasteiger partial charge < -0.3 is 0 Å². The van der Waals surface area contributed by atoms with Crippen LogP contribution in [0.3, 0.4) is 0 Å². The van der Waals surface area contributed by atoms with Gasteiger partial charge in [0.15, 0.2) is 11.3 Å². The number of para-hydroxylation sites is 1. The third kappa shape index (κ3) is 2.44. The van der Waals surface area contributed by atoms with E-state index in [-0.39, 0.29) is 5.91 Å². The maximum absolute atomic E-state index is 12.9. The molecular weight excluding hydrogens is 394 g/mol. The van der Waals surface area contributed by atoms with Crippen molar-refractivity contribution < 1.29 is 4.79 Å².